The number of hydrogen-bond acceptors (Lipinski definition) is 7. The van der Waals surface area contributed by atoms with Crippen LogP contribution in [0.3, 0.4) is 0 Å². The molecule has 2 aromatic carbocycles. The summed E-state index contributed by atoms with van der Waals surface area (Å²) in [5.41, 5.74) is 0.0896. The Hall–Kier alpha value is -2.45. The van der Waals surface area contributed by atoms with Crippen molar-refractivity contribution in [3.63, 3.8) is 0 Å². The van der Waals surface area contributed by atoms with Crippen molar-refractivity contribution in [2.45, 2.75) is 57.8 Å². The van der Waals surface area contributed by atoms with Crippen molar-refractivity contribution in [3.8, 4) is 5.75 Å². The molecule has 166 valence electrons. The first-order valence-corrected chi connectivity index (χ1v) is 10.4. The second-order valence-corrected chi connectivity index (χ2v) is 8.76. The second-order valence-electron chi connectivity index (χ2n) is 8.76. The highest BCUT2D eigenvalue weighted by Crippen LogP contribution is 2.36. The molecule has 0 radical (unpaired) electrons. The molecular formula is C24H28O7. The molecule has 7 heteroatoms. The standard InChI is InChI=1S/C24H28O7/c1-24(2,3)23(26)31-20-18(25)22(28-16-12-8-5-9-13-16)29-17-14-27-21(30-19(17)20)15-10-6-4-7-11-15/h4-13,17-22,25H,14H2,1-3H3/t17-,18-,19-,20-,21-,22-/m1/s1. The van der Waals surface area contributed by atoms with Gasteiger partial charge in [-0.15, -0.1) is 0 Å². The molecule has 1 N–H and O–H groups in total. The number of aliphatic hydroxyl groups is 1. The molecular weight excluding hydrogens is 400 g/mol. The van der Waals surface area contributed by atoms with Crippen LogP contribution in [0.4, 0.5) is 0 Å². The minimum atomic E-state index is -1.25. The Labute approximate surface area is 181 Å². The maximum atomic E-state index is 12.7. The Kier molecular flexibility index (Phi) is 6.29. The summed E-state index contributed by atoms with van der Waals surface area (Å²) in [5, 5.41) is 11.1. The van der Waals surface area contributed by atoms with Crippen molar-refractivity contribution < 1.29 is 33.6 Å². The van der Waals surface area contributed by atoms with Gasteiger partial charge in [0, 0.05) is 5.56 Å². The summed E-state index contributed by atoms with van der Waals surface area (Å²) in [6, 6.07) is 18.5. The van der Waals surface area contributed by atoms with E-state index in [0.29, 0.717) is 5.75 Å². The average Bonchev–Trinajstić information content (AvgIpc) is 2.77. The van der Waals surface area contributed by atoms with Crippen LogP contribution in [0.15, 0.2) is 60.7 Å². The maximum absolute atomic E-state index is 12.7. The molecule has 7 nitrogen and oxygen atoms in total. The van der Waals surface area contributed by atoms with Crippen molar-refractivity contribution >= 4 is 5.97 Å². The van der Waals surface area contributed by atoms with Gasteiger partial charge in [0.05, 0.1) is 12.0 Å². The zero-order valence-corrected chi connectivity index (χ0v) is 17.8. The fourth-order valence-electron chi connectivity index (χ4n) is 3.51. The summed E-state index contributed by atoms with van der Waals surface area (Å²) in [5.74, 6) is 0.0905. The largest absolute Gasteiger partial charge is 0.462 e. The number of benzene rings is 2. The van der Waals surface area contributed by atoms with Crippen LogP contribution in [0.25, 0.3) is 0 Å². The summed E-state index contributed by atoms with van der Waals surface area (Å²) >= 11 is 0. The zero-order valence-electron chi connectivity index (χ0n) is 17.8. The minimum absolute atomic E-state index is 0.204. The highest BCUT2D eigenvalue weighted by molar-refractivity contribution is 5.75. The van der Waals surface area contributed by atoms with Gasteiger partial charge in [-0.3, -0.25) is 4.79 Å². The molecule has 2 heterocycles. The Morgan fingerprint density at radius 3 is 2.29 bits per heavy atom. The van der Waals surface area contributed by atoms with Gasteiger partial charge >= 0.3 is 5.97 Å². The van der Waals surface area contributed by atoms with E-state index in [1.165, 1.54) is 0 Å². The van der Waals surface area contributed by atoms with Gasteiger partial charge in [0.25, 0.3) is 0 Å². The van der Waals surface area contributed by atoms with Crippen LogP contribution in [-0.4, -0.2) is 48.4 Å². The van der Waals surface area contributed by atoms with Crippen LogP contribution in [0.1, 0.15) is 32.6 Å². The molecule has 0 bridgehead atoms. The number of hydrogen-bond donors (Lipinski definition) is 1. The molecule has 6 atom stereocenters. The Balaban J connectivity index is 1.57. The first-order chi connectivity index (χ1) is 14.8. The van der Waals surface area contributed by atoms with Crippen LogP contribution in [0.2, 0.25) is 0 Å². The van der Waals surface area contributed by atoms with E-state index in [1.807, 2.05) is 48.5 Å². The SMILES string of the molecule is CC(C)(C)C(=O)O[C@@H]1[C@@H](O)[C@H](Oc2ccccc2)O[C@@H]2CO[C@@H](c3ccccc3)O[C@@H]12. The summed E-state index contributed by atoms with van der Waals surface area (Å²) in [6.45, 7) is 5.48. The lowest BCUT2D eigenvalue weighted by atomic mass is 9.94. The minimum Gasteiger partial charge on any atom is -0.462 e. The molecule has 0 saturated carbocycles. The summed E-state index contributed by atoms with van der Waals surface area (Å²) < 4.78 is 29.6. The van der Waals surface area contributed by atoms with Crippen LogP contribution in [0.5, 0.6) is 5.75 Å². The van der Waals surface area contributed by atoms with E-state index in [0.717, 1.165) is 5.56 Å². The second kappa shape index (κ2) is 8.96. The predicted octanol–water partition coefficient (Wildman–Crippen LogP) is 3.22. The number of ether oxygens (including phenoxy) is 5. The number of fused-ring (bicyclic) bond motifs is 1. The molecule has 31 heavy (non-hydrogen) atoms. The normalized spacial score (nSPS) is 30.8. The molecule has 2 aromatic rings. The number of carbonyl (C=O) groups is 1. The average molecular weight is 428 g/mol. The third-order valence-corrected chi connectivity index (χ3v) is 5.23. The van der Waals surface area contributed by atoms with E-state index in [2.05, 4.69) is 0 Å². The molecule has 0 aromatic heterocycles. The number of esters is 1. The van der Waals surface area contributed by atoms with Gasteiger partial charge in [-0.1, -0.05) is 48.5 Å². The first-order valence-electron chi connectivity index (χ1n) is 10.4. The molecule has 4 rings (SSSR count). The van der Waals surface area contributed by atoms with Gasteiger partial charge in [-0.25, -0.2) is 0 Å². The third kappa shape index (κ3) is 4.91. The van der Waals surface area contributed by atoms with Crippen molar-refractivity contribution in [2.75, 3.05) is 6.61 Å². The van der Waals surface area contributed by atoms with Crippen molar-refractivity contribution in [1.29, 1.82) is 0 Å². The molecule has 0 amide bonds. The van der Waals surface area contributed by atoms with Gasteiger partial charge in [-0.2, -0.15) is 0 Å². The van der Waals surface area contributed by atoms with Crippen LogP contribution in [-0.2, 0) is 23.7 Å². The molecule has 2 saturated heterocycles. The van der Waals surface area contributed by atoms with Crippen molar-refractivity contribution in [2.24, 2.45) is 5.41 Å². The molecule has 0 aliphatic carbocycles. The Bertz CT molecular complexity index is 865. The van der Waals surface area contributed by atoms with E-state index in [9.17, 15) is 9.90 Å². The molecule has 2 fully saturated rings. The summed E-state index contributed by atoms with van der Waals surface area (Å²) in [4.78, 5) is 12.7. The first kappa shape index (κ1) is 21.8. The number of rotatable bonds is 4. The maximum Gasteiger partial charge on any atom is 0.311 e. The van der Waals surface area contributed by atoms with Crippen molar-refractivity contribution in [3.05, 3.63) is 66.2 Å². The quantitative estimate of drug-likeness (QED) is 0.749. The highest BCUT2D eigenvalue weighted by atomic mass is 16.8. The van der Waals surface area contributed by atoms with Crippen LogP contribution in [0, 0.1) is 5.41 Å². The van der Waals surface area contributed by atoms with Crippen LogP contribution < -0.4 is 4.74 Å². The van der Waals surface area contributed by atoms with Gasteiger partial charge in [-0.05, 0) is 32.9 Å². The Morgan fingerprint density at radius 2 is 1.65 bits per heavy atom. The number of aliphatic hydroxyl groups excluding tert-OH is 1. The van der Waals surface area contributed by atoms with E-state index < -0.39 is 48.4 Å². The highest BCUT2D eigenvalue weighted by Gasteiger charge is 2.53. The summed E-state index contributed by atoms with van der Waals surface area (Å²) in [6.07, 6.45) is -5.20. The zero-order chi connectivity index (χ0) is 22.0. The van der Waals surface area contributed by atoms with Crippen LogP contribution >= 0.6 is 0 Å². The smallest absolute Gasteiger partial charge is 0.311 e. The molecule has 0 unspecified atom stereocenters. The number of para-hydroxylation sites is 1. The lowest BCUT2D eigenvalue weighted by Crippen LogP contribution is -2.64. The van der Waals surface area contributed by atoms with E-state index in [4.69, 9.17) is 23.7 Å². The molecule has 2 aliphatic heterocycles. The van der Waals surface area contributed by atoms with Gasteiger partial charge < -0.3 is 28.8 Å². The molecule has 2 aliphatic rings. The monoisotopic (exact) mass is 428 g/mol. The lowest BCUT2D eigenvalue weighted by molar-refractivity contribution is -0.351. The van der Waals surface area contributed by atoms with E-state index >= 15 is 0 Å². The van der Waals surface area contributed by atoms with Gasteiger partial charge in [0.2, 0.25) is 6.29 Å². The third-order valence-electron chi connectivity index (χ3n) is 5.23. The Morgan fingerprint density at radius 1 is 1.00 bits per heavy atom. The van der Waals surface area contributed by atoms with Gasteiger partial charge in [0.15, 0.2) is 18.5 Å². The van der Waals surface area contributed by atoms with E-state index in [1.54, 1.807) is 32.9 Å². The van der Waals surface area contributed by atoms with E-state index in [-0.39, 0.29) is 6.61 Å². The fourth-order valence-corrected chi connectivity index (χ4v) is 3.51. The lowest BCUT2D eigenvalue weighted by Gasteiger charge is -2.47. The van der Waals surface area contributed by atoms with Crippen molar-refractivity contribution in [1.82, 2.24) is 0 Å². The topological polar surface area (TPSA) is 83.5 Å². The summed E-state index contributed by atoms with van der Waals surface area (Å²) in [7, 11) is 0. The predicted molar refractivity (Wildman–Crippen MR) is 111 cm³/mol. The number of carbonyl (C=O) groups excluding carboxylic acids is 1. The molecule has 0 spiro atoms. The van der Waals surface area contributed by atoms with Gasteiger partial charge in [0.1, 0.15) is 18.0 Å². The fraction of sp³-hybridized carbons (Fsp3) is 0.458.